The number of rotatable bonds is 12. The summed E-state index contributed by atoms with van der Waals surface area (Å²) in [5, 5.41) is 0. The van der Waals surface area contributed by atoms with Gasteiger partial charge in [0.05, 0.1) is 13.0 Å². The Labute approximate surface area is 216 Å². The Balaban J connectivity index is 1.70. The molecule has 37 heavy (non-hydrogen) atoms. The van der Waals surface area contributed by atoms with Gasteiger partial charge in [-0.15, -0.1) is 0 Å². The van der Waals surface area contributed by atoms with Crippen molar-refractivity contribution in [3.05, 3.63) is 53.1 Å². The monoisotopic (exact) mass is 515 g/mol. The van der Waals surface area contributed by atoms with E-state index in [1.54, 1.807) is 13.0 Å². The molecule has 200 valence electrons. The largest absolute Gasteiger partial charge is 0.493 e. The molecule has 3 rings (SSSR count). The second-order valence-corrected chi connectivity index (χ2v) is 9.48. The van der Waals surface area contributed by atoms with Gasteiger partial charge in [-0.1, -0.05) is 19.4 Å². The van der Waals surface area contributed by atoms with E-state index >= 15 is 0 Å². The molecule has 2 aromatic rings. The Hall–Kier alpha value is -3.49. The number of hydrogen-bond acceptors (Lipinski definition) is 8. The van der Waals surface area contributed by atoms with Crippen LogP contribution in [0, 0.1) is 24.6 Å². The number of methoxy groups -OCH3 is 1. The molecule has 0 spiro atoms. The van der Waals surface area contributed by atoms with Gasteiger partial charge in [0, 0.05) is 31.5 Å². The van der Waals surface area contributed by atoms with E-state index < -0.39 is 36.5 Å². The molecule has 0 amide bonds. The van der Waals surface area contributed by atoms with E-state index in [0.29, 0.717) is 5.92 Å². The summed E-state index contributed by atoms with van der Waals surface area (Å²) in [6.45, 7) is 6.15. The first kappa shape index (κ1) is 28.1. The predicted octanol–water partition coefficient (Wildman–Crippen LogP) is 5.16. The summed E-state index contributed by atoms with van der Waals surface area (Å²) < 4.78 is 35.1. The minimum absolute atomic E-state index is 0.0296. The minimum atomic E-state index is -0.749. The van der Waals surface area contributed by atoms with Crippen molar-refractivity contribution in [1.29, 1.82) is 0 Å². The van der Waals surface area contributed by atoms with E-state index in [4.69, 9.17) is 18.9 Å². The standard InChI is InChI=1S/C28H34FNO7/c1-16-13-21(29)9-10-22(16)25(20-7-6-8-20)18(3)37-28(33)17(2)14-23(32)26-27(36-15-35-19(4)31)24(34-5)11-12-30-26/h9-13,17-18,20,25H,6-8,14-15H2,1-5H3/t17-,18+,25+/m1/s1. The topological polar surface area (TPSA) is 101 Å². The fraction of sp³-hybridized carbons (Fsp3) is 0.500. The van der Waals surface area contributed by atoms with Crippen molar-refractivity contribution in [3.8, 4) is 11.5 Å². The summed E-state index contributed by atoms with van der Waals surface area (Å²) >= 11 is 0. The van der Waals surface area contributed by atoms with Crippen LogP contribution in [-0.2, 0) is 19.1 Å². The highest BCUT2D eigenvalue weighted by atomic mass is 19.1. The van der Waals surface area contributed by atoms with Crippen molar-refractivity contribution >= 4 is 17.7 Å². The van der Waals surface area contributed by atoms with Crippen molar-refractivity contribution in [2.24, 2.45) is 11.8 Å². The van der Waals surface area contributed by atoms with Gasteiger partial charge in [0.15, 0.2) is 23.0 Å². The lowest BCUT2D eigenvalue weighted by atomic mass is 9.70. The van der Waals surface area contributed by atoms with Crippen molar-refractivity contribution in [2.45, 2.75) is 65.4 Å². The fourth-order valence-electron chi connectivity index (χ4n) is 4.63. The van der Waals surface area contributed by atoms with E-state index in [9.17, 15) is 18.8 Å². The molecule has 1 aliphatic rings. The average Bonchev–Trinajstić information content (AvgIpc) is 2.81. The van der Waals surface area contributed by atoms with Crippen LogP contribution in [0.1, 0.15) is 74.0 Å². The number of ether oxygens (including phenoxy) is 4. The summed E-state index contributed by atoms with van der Waals surface area (Å²) in [6.07, 6.45) is 3.94. The predicted molar refractivity (Wildman–Crippen MR) is 133 cm³/mol. The number of pyridine rings is 1. The zero-order valence-electron chi connectivity index (χ0n) is 21.9. The highest BCUT2D eigenvalue weighted by molar-refractivity contribution is 5.99. The second-order valence-electron chi connectivity index (χ2n) is 9.48. The SMILES string of the molecule is COc1ccnc(C(=O)C[C@@H](C)C(=O)O[C@@H](C)[C@H](c2ccc(F)cc2C)C2CCC2)c1OCOC(C)=O. The Morgan fingerprint density at radius 2 is 1.89 bits per heavy atom. The number of aromatic nitrogens is 1. The van der Waals surface area contributed by atoms with E-state index in [1.165, 1.54) is 38.4 Å². The average molecular weight is 516 g/mol. The molecular weight excluding hydrogens is 481 g/mol. The van der Waals surface area contributed by atoms with Crippen LogP contribution >= 0.6 is 0 Å². The first-order valence-electron chi connectivity index (χ1n) is 12.4. The van der Waals surface area contributed by atoms with Crippen LogP contribution in [0.2, 0.25) is 0 Å². The van der Waals surface area contributed by atoms with Crippen LogP contribution < -0.4 is 9.47 Å². The third-order valence-corrected chi connectivity index (χ3v) is 6.77. The molecule has 1 saturated carbocycles. The van der Waals surface area contributed by atoms with Gasteiger partial charge in [-0.25, -0.2) is 9.37 Å². The van der Waals surface area contributed by atoms with Gasteiger partial charge >= 0.3 is 11.9 Å². The van der Waals surface area contributed by atoms with Crippen LogP contribution in [0.5, 0.6) is 11.5 Å². The van der Waals surface area contributed by atoms with Crippen LogP contribution in [0.25, 0.3) is 0 Å². The number of Topliss-reactive ketones (excluding diaryl/α,β-unsaturated/α-hetero) is 1. The molecule has 0 saturated heterocycles. The number of carbonyl (C=O) groups excluding carboxylic acids is 3. The zero-order valence-corrected chi connectivity index (χ0v) is 21.9. The quantitative estimate of drug-likeness (QED) is 0.217. The number of halogens is 1. The summed E-state index contributed by atoms with van der Waals surface area (Å²) in [5.74, 6) is -1.97. The first-order valence-corrected chi connectivity index (χ1v) is 12.4. The first-order chi connectivity index (χ1) is 17.6. The smallest absolute Gasteiger partial charge is 0.309 e. The normalized spacial score (nSPS) is 15.6. The van der Waals surface area contributed by atoms with E-state index in [-0.39, 0.29) is 35.3 Å². The van der Waals surface area contributed by atoms with Crippen molar-refractivity contribution in [1.82, 2.24) is 4.98 Å². The number of carbonyl (C=O) groups is 3. The highest BCUT2D eigenvalue weighted by Gasteiger charge is 2.36. The van der Waals surface area contributed by atoms with Gasteiger partial charge in [0.1, 0.15) is 11.9 Å². The van der Waals surface area contributed by atoms with E-state index in [2.05, 4.69) is 4.98 Å². The molecule has 9 heteroatoms. The number of esters is 2. The summed E-state index contributed by atoms with van der Waals surface area (Å²) in [5.41, 5.74) is 1.77. The fourth-order valence-corrected chi connectivity index (χ4v) is 4.63. The third-order valence-electron chi connectivity index (χ3n) is 6.77. The van der Waals surface area contributed by atoms with Crippen molar-refractivity contribution < 1.29 is 37.7 Å². The zero-order chi connectivity index (χ0) is 27.1. The molecule has 0 bridgehead atoms. The highest BCUT2D eigenvalue weighted by Crippen LogP contribution is 2.43. The van der Waals surface area contributed by atoms with Gasteiger partial charge in [-0.2, -0.15) is 0 Å². The molecule has 3 atom stereocenters. The molecular formula is C28H34FNO7. The molecule has 8 nitrogen and oxygen atoms in total. The third kappa shape index (κ3) is 7.05. The van der Waals surface area contributed by atoms with Crippen LogP contribution in [-0.4, -0.2) is 42.7 Å². The number of benzene rings is 1. The molecule has 1 fully saturated rings. The Bertz CT molecular complexity index is 1130. The summed E-state index contributed by atoms with van der Waals surface area (Å²) in [6, 6.07) is 6.22. The minimum Gasteiger partial charge on any atom is -0.493 e. The van der Waals surface area contributed by atoms with Gasteiger partial charge in [0.25, 0.3) is 0 Å². The number of hydrogen-bond donors (Lipinski definition) is 0. The lowest BCUT2D eigenvalue weighted by Crippen LogP contribution is -2.34. The van der Waals surface area contributed by atoms with E-state index in [0.717, 1.165) is 30.4 Å². The molecule has 1 aromatic heterocycles. The van der Waals surface area contributed by atoms with Crippen LogP contribution in [0.4, 0.5) is 4.39 Å². The van der Waals surface area contributed by atoms with Gasteiger partial charge in [0.2, 0.25) is 6.79 Å². The number of ketones is 1. The summed E-state index contributed by atoms with van der Waals surface area (Å²) in [7, 11) is 1.41. The maximum absolute atomic E-state index is 13.7. The molecule has 0 N–H and O–H groups in total. The number of nitrogens with zero attached hydrogens (tertiary/aromatic N) is 1. The van der Waals surface area contributed by atoms with Crippen LogP contribution in [0.15, 0.2) is 30.5 Å². The lowest BCUT2D eigenvalue weighted by Gasteiger charge is -2.38. The molecule has 0 radical (unpaired) electrons. The maximum atomic E-state index is 13.7. The second kappa shape index (κ2) is 12.7. The van der Waals surface area contributed by atoms with Gasteiger partial charge < -0.3 is 18.9 Å². The Morgan fingerprint density at radius 1 is 1.16 bits per heavy atom. The van der Waals surface area contributed by atoms with Crippen LogP contribution in [0.3, 0.4) is 0 Å². The van der Waals surface area contributed by atoms with Gasteiger partial charge in [-0.05, 0) is 55.9 Å². The molecule has 1 aromatic carbocycles. The lowest BCUT2D eigenvalue weighted by molar-refractivity contribution is -0.155. The molecule has 0 aliphatic heterocycles. The Kier molecular flexibility index (Phi) is 9.60. The van der Waals surface area contributed by atoms with Crippen molar-refractivity contribution in [2.75, 3.05) is 13.9 Å². The van der Waals surface area contributed by atoms with E-state index in [1.807, 2.05) is 13.8 Å². The Morgan fingerprint density at radius 3 is 2.49 bits per heavy atom. The number of aryl methyl sites for hydroxylation is 1. The maximum Gasteiger partial charge on any atom is 0.309 e. The summed E-state index contributed by atoms with van der Waals surface area (Å²) in [4.78, 5) is 41.3. The molecule has 1 aliphatic carbocycles. The molecule has 0 unspecified atom stereocenters. The van der Waals surface area contributed by atoms with Crippen molar-refractivity contribution in [3.63, 3.8) is 0 Å². The molecule has 1 heterocycles. The van der Waals surface area contributed by atoms with Gasteiger partial charge in [-0.3, -0.25) is 14.4 Å².